The zero-order valence-corrected chi connectivity index (χ0v) is 21.6. The molecule has 1 heterocycles. The molecule has 8 heteroatoms. The third kappa shape index (κ3) is 5.57. The lowest BCUT2D eigenvalue weighted by atomic mass is 9.94. The summed E-state index contributed by atoms with van der Waals surface area (Å²) >= 11 is 12.4. The van der Waals surface area contributed by atoms with Crippen LogP contribution in [0, 0.1) is 12.8 Å². The molecule has 1 aliphatic rings. The van der Waals surface area contributed by atoms with Crippen LogP contribution in [0.5, 0.6) is 5.75 Å². The second-order valence-electron chi connectivity index (χ2n) is 9.15. The Morgan fingerprint density at radius 3 is 2.41 bits per heavy atom. The Morgan fingerprint density at radius 2 is 1.82 bits per heavy atom. The molecule has 1 fully saturated rings. The molecule has 1 saturated heterocycles. The van der Waals surface area contributed by atoms with Crippen LogP contribution in [0.25, 0.3) is 5.76 Å². The minimum atomic E-state index is -0.786. The Kier molecular flexibility index (Phi) is 8.29. The number of Topliss-reactive ketones (excluding diaryl/α,β-unsaturated/α-hetero) is 1. The minimum absolute atomic E-state index is 0.0288. The number of amides is 1. The third-order valence-corrected chi connectivity index (χ3v) is 6.36. The molecule has 3 rings (SSSR count). The van der Waals surface area contributed by atoms with Crippen LogP contribution in [0.3, 0.4) is 0 Å². The van der Waals surface area contributed by atoms with Crippen LogP contribution in [0.1, 0.15) is 36.6 Å². The molecule has 1 N–H and O–H groups in total. The summed E-state index contributed by atoms with van der Waals surface area (Å²) in [6.07, 6.45) is 0. The van der Waals surface area contributed by atoms with Gasteiger partial charge in [-0.05, 0) is 68.4 Å². The number of aryl methyl sites for hydroxylation is 1. The van der Waals surface area contributed by atoms with E-state index in [0.29, 0.717) is 52.5 Å². The number of likely N-dealkylation sites (N-methyl/N-ethyl adjacent to an activating group) is 1. The van der Waals surface area contributed by atoms with Crippen molar-refractivity contribution >= 4 is 40.7 Å². The van der Waals surface area contributed by atoms with Crippen molar-refractivity contribution in [2.24, 2.45) is 5.92 Å². The fraction of sp³-hybridized carbons (Fsp3) is 0.385. The van der Waals surface area contributed by atoms with Gasteiger partial charge in [-0.1, -0.05) is 43.1 Å². The predicted octanol–water partition coefficient (Wildman–Crippen LogP) is 5.32. The van der Waals surface area contributed by atoms with Gasteiger partial charge in [0, 0.05) is 18.7 Å². The highest BCUT2D eigenvalue weighted by Gasteiger charge is 2.46. The molecule has 1 atom stereocenters. The summed E-state index contributed by atoms with van der Waals surface area (Å²) in [6, 6.07) is 9.46. The molecule has 0 unspecified atom stereocenters. The standard InChI is InChI=1S/C26H30Cl2N2O4/c1-15(2)14-34-18-7-8-19(16(3)12-18)24(31)22-23(17-6-9-20(27)21(28)13-17)30(11-10-29(4)5)26(33)25(22)32/h6-9,12-13,15,23,31H,10-11,14H2,1-5H3/t23-/m0/s1. The van der Waals surface area contributed by atoms with Crippen molar-refractivity contribution in [3.05, 3.63) is 68.7 Å². The first kappa shape index (κ1) is 26.1. The lowest BCUT2D eigenvalue weighted by molar-refractivity contribution is -0.140. The molecule has 0 bridgehead atoms. The fourth-order valence-electron chi connectivity index (χ4n) is 3.85. The number of aliphatic hydroxyl groups is 1. The van der Waals surface area contributed by atoms with Gasteiger partial charge in [-0.15, -0.1) is 0 Å². The first-order chi connectivity index (χ1) is 16.0. The zero-order chi connectivity index (χ0) is 25.2. The van der Waals surface area contributed by atoms with E-state index in [1.54, 1.807) is 30.3 Å². The van der Waals surface area contributed by atoms with Crippen LogP contribution in [0.4, 0.5) is 0 Å². The van der Waals surface area contributed by atoms with Gasteiger partial charge in [0.15, 0.2) is 0 Å². The number of hydrogen-bond donors (Lipinski definition) is 1. The Hall–Kier alpha value is -2.54. The average Bonchev–Trinajstić information content (AvgIpc) is 3.02. The number of nitrogens with zero attached hydrogens (tertiary/aromatic N) is 2. The average molecular weight is 505 g/mol. The maximum atomic E-state index is 13.2. The number of halogens is 2. The second-order valence-corrected chi connectivity index (χ2v) is 9.97. The summed E-state index contributed by atoms with van der Waals surface area (Å²) in [4.78, 5) is 29.6. The molecule has 0 aromatic heterocycles. The summed E-state index contributed by atoms with van der Waals surface area (Å²) in [6.45, 7) is 7.37. The van der Waals surface area contributed by atoms with E-state index in [-0.39, 0.29) is 11.3 Å². The van der Waals surface area contributed by atoms with Gasteiger partial charge >= 0.3 is 0 Å². The number of likely N-dealkylation sites (tertiary alicyclic amines) is 1. The zero-order valence-electron chi connectivity index (χ0n) is 20.1. The summed E-state index contributed by atoms with van der Waals surface area (Å²) in [7, 11) is 3.77. The quantitative estimate of drug-likeness (QED) is 0.299. The largest absolute Gasteiger partial charge is 0.507 e. The Labute approximate surface area is 210 Å². The van der Waals surface area contributed by atoms with Crippen LogP contribution >= 0.6 is 23.2 Å². The van der Waals surface area contributed by atoms with E-state index in [2.05, 4.69) is 13.8 Å². The Bertz CT molecular complexity index is 1130. The van der Waals surface area contributed by atoms with Gasteiger partial charge in [0.2, 0.25) is 0 Å². The van der Waals surface area contributed by atoms with Gasteiger partial charge in [-0.2, -0.15) is 0 Å². The molecule has 1 amide bonds. The van der Waals surface area contributed by atoms with Gasteiger partial charge in [0.25, 0.3) is 11.7 Å². The lowest BCUT2D eigenvalue weighted by Crippen LogP contribution is -2.35. The molecule has 0 radical (unpaired) electrons. The number of ketones is 1. The number of hydrogen-bond acceptors (Lipinski definition) is 5. The van der Waals surface area contributed by atoms with Crippen molar-refractivity contribution in [1.82, 2.24) is 9.80 Å². The normalized spacial score (nSPS) is 17.8. The highest BCUT2D eigenvalue weighted by Crippen LogP contribution is 2.41. The molecule has 0 saturated carbocycles. The number of benzene rings is 2. The van der Waals surface area contributed by atoms with E-state index < -0.39 is 17.7 Å². The van der Waals surface area contributed by atoms with E-state index in [9.17, 15) is 14.7 Å². The van der Waals surface area contributed by atoms with Crippen molar-refractivity contribution in [3.63, 3.8) is 0 Å². The van der Waals surface area contributed by atoms with Crippen LogP contribution in [-0.2, 0) is 9.59 Å². The van der Waals surface area contributed by atoms with Gasteiger partial charge in [0.1, 0.15) is 11.5 Å². The minimum Gasteiger partial charge on any atom is -0.507 e. The summed E-state index contributed by atoms with van der Waals surface area (Å²) in [5.41, 5.74) is 1.82. The smallest absolute Gasteiger partial charge is 0.295 e. The van der Waals surface area contributed by atoms with E-state index in [1.165, 1.54) is 4.90 Å². The maximum absolute atomic E-state index is 13.2. The van der Waals surface area contributed by atoms with Gasteiger partial charge in [-0.3, -0.25) is 9.59 Å². The van der Waals surface area contributed by atoms with Crippen molar-refractivity contribution in [2.45, 2.75) is 26.8 Å². The highest BCUT2D eigenvalue weighted by molar-refractivity contribution is 6.47. The van der Waals surface area contributed by atoms with Gasteiger partial charge in [0.05, 0.1) is 28.3 Å². The highest BCUT2D eigenvalue weighted by atomic mass is 35.5. The first-order valence-corrected chi connectivity index (χ1v) is 11.9. The van der Waals surface area contributed by atoms with Crippen LogP contribution in [-0.4, -0.2) is 60.4 Å². The molecule has 2 aromatic carbocycles. The molecular formula is C26H30Cl2N2O4. The Balaban J connectivity index is 2.11. The molecule has 0 aliphatic carbocycles. The maximum Gasteiger partial charge on any atom is 0.295 e. The fourth-order valence-corrected chi connectivity index (χ4v) is 4.15. The first-order valence-electron chi connectivity index (χ1n) is 11.1. The van der Waals surface area contributed by atoms with Crippen LogP contribution in [0.15, 0.2) is 42.0 Å². The predicted molar refractivity (Wildman–Crippen MR) is 136 cm³/mol. The molecule has 182 valence electrons. The topological polar surface area (TPSA) is 70.1 Å². The van der Waals surface area contributed by atoms with Crippen LogP contribution in [0.2, 0.25) is 10.0 Å². The van der Waals surface area contributed by atoms with E-state index in [0.717, 1.165) is 5.56 Å². The number of carbonyl (C=O) groups is 2. The molecule has 2 aromatic rings. The molecule has 6 nitrogen and oxygen atoms in total. The number of ether oxygens (including phenoxy) is 1. The van der Waals surface area contributed by atoms with Crippen LogP contribution < -0.4 is 4.74 Å². The summed E-state index contributed by atoms with van der Waals surface area (Å²) in [5, 5.41) is 12.0. The van der Waals surface area contributed by atoms with Gasteiger partial charge in [-0.25, -0.2) is 0 Å². The van der Waals surface area contributed by atoms with Crippen molar-refractivity contribution in [3.8, 4) is 5.75 Å². The van der Waals surface area contributed by atoms with E-state index >= 15 is 0 Å². The number of carbonyl (C=O) groups excluding carboxylic acids is 2. The number of rotatable bonds is 8. The van der Waals surface area contributed by atoms with Crippen molar-refractivity contribution < 1.29 is 19.4 Å². The molecule has 0 spiro atoms. The lowest BCUT2D eigenvalue weighted by Gasteiger charge is -2.27. The third-order valence-electron chi connectivity index (χ3n) is 5.62. The van der Waals surface area contributed by atoms with Crippen molar-refractivity contribution in [2.75, 3.05) is 33.8 Å². The molecule has 34 heavy (non-hydrogen) atoms. The summed E-state index contributed by atoms with van der Waals surface area (Å²) in [5.74, 6) is -0.566. The van der Waals surface area contributed by atoms with E-state index in [1.807, 2.05) is 32.0 Å². The molecular weight excluding hydrogens is 475 g/mol. The number of aliphatic hydroxyl groups excluding tert-OH is 1. The molecule has 1 aliphatic heterocycles. The second kappa shape index (κ2) is 10.8. The van der Waals surface area contributed by atoms with E-state index in [4.69, 9.17) is 27.9 Å². The SMILES string of the molecule is Cc1cc(OCC(C)C)ccc1C(O)=C1C(=O)C(=O)N(CCN(C)C)[C@H]1c1ccc(Cl)c(Cl)c1. The monoisotopic (exact) mass is 504 g/mol. The van der Waals surface area contributed by atoms with Crippen molar-refractivity contribution in [1.29, 1.82) is 0 Å². The van der Waals surface area contributed by atoms with Gasteiger partial charge < -0.3 is 19.6 Å². The Morgan fingerprint density at radius 1 is 1.12 bits per heavy atom. The summed E-state index contributed by atoms with van der Waals surface area (Å²) < 4.78 is 5.77.